The summed E-state index contributed by atoms with van der Waals surface area (Å²) in [4.78, 5) is 2.56. The van der Waals surface area contributed by atoms with Crippen molar-refractivity contribution in [3.05, 3.63) is 65.7 Å². The van der Waals surface area contributed by atoms with Crippen LogP contribution in [0.15, 0.2) is 54.6 Å². The lowest BCUT2D eigenvalue weighted by molar-refractivity contribution is -0.0168. The average Bonchev–Trinajstić information content (AvgIpc) is 2.83. The first-order valence-corrected chi connectivity index (χ1v) is 12.3. The monoisotopic (exact) mass is 423 g/mol. The van der Waals surface area contributed by atoms with Gasteiger partial charge < -0.3 is 14.7 Å². The summed E-state index contributed by atoms with van der Waals surface area (Å²) in [5.74, 6) is 0.882. The molecular weight excluding hydrogens is 382 g/mol. The number of benzene rings is 2. The molecule has 31 heavy (non-hydrogen) atoms. The van der Waals surface area contributed by atoms with Gasteiger partial charge in [0.1, 0.15) is 5.75 Å². The predicted molar refractivity (Wildman–Crippen MR) is 130 cm³/mol. The number of methoxy groups -OCH3 is 1. The minimum Gasteiger partial charge on any atom is -0.497 e. The van der Waals surface area contributed by atoms with E-state index in [1.165, 1.54) is 50.5 Å². The van der Waals surface area contributed by atoms with Crippen LogP contribution in [0.2, 0.25) is 0 Å². The maximum Gasteiger partial charge on any atom is 0.118 e. The number of unbranched alkanes of at least 4 members (excludes halogenated alkanes) is 4. The largest absolute Gasteiger partial charge is 0.497 e. The van der Waals surface area contributed by atoms with Gasteiger partial charge in [-0.1, -0.05) is 87.9 Å². The van der Waals surface area contributed by atoms with Crippen molar-refractivity contribution in [3.63, 3.8) is 0 Å². The van der Waals surface area contributed by atoms with Gasteiger partial charge in [0.2, 0.25) is 0 Å². The fourth-order valence-electron chi connectivity index (χ4n) is 5.02. The van der Waals surface area contributed by atoms with Crippen molar-refractivity contribution in [2.24, 2.45) is 0 Å². The van der Waals surface area contributed by atoms with Crippen LogP contribution in [-0.2, 0) is 5.60 Å². The minimum atomic E-state index is -0.892. The van der Waals surface area contributed by atoms with Crippen LogP contribution >= 0.6 is 0 Å². The summed E-state index contributed by atoms with van der Waals surface area (Å²) in [6, 6.07) is 18.8. The fraction of sp³-hybridized carbons (Fsp3) is 0.571. The van der Waals surface area contributed by atoms with E-state index in [1.807, 2.05) is 12.1 Å². The Morgan fingerprint density at radius 3 is 2.23 bits per heavy atom. The molecule has 3 rings (SSSR count). The summed E-state index contributed by atoms with van der Waals surface area (Å²) in [7, 11) is 1.69. The van der Waals surface area contributed by atoms with Gasteiger partial charge >= 0.3 is 0 Å². The van der Waals surface area contributed by atoms with E-state index < -0.39 is 5.60 Å². The topological polar surface area (TPSA) is 32.7 Å². The first-order chi connectivity index (χ1) is 15.2. The Morgan fingerprint density at radius 2 is 1.58 bits per heavy atom. The van der Waals surface area contributed by atoms with Gasteiger partial charge in [0.05, 0.1) is 12.7 Å². The molecule has 0 amide bonds. The molecule has 0 saturated carbocycles. The second-order valence-electron chi connectivity index (χ2n) is 9.14. The highest BCUT2D eigenvalue weighted by Gasteiger charge is 2.40. The van der Waals surface area contributed by atoms with E-state index in [-0.39, 0.29) is 5.92 Å². The molecule has 1 saturated heterocycles. The van der Waals surface area contributed by atoms with E-state index in [4.69, 9.17) is 4.74 Å². The number of likely N-dealkylation sites (tertiary alicyclic amines) is 1. The molecular formula is C28H41NO2. The van der Waals surface area contributed by atoms with Crippen molar-refractivity contribution in [2.75, 3.05) is 26.7 Å². The number of piperidine rings is 1. The molecule has 0 aromatic heterocycles. The molecule has 3 heteroatoms. The van der Waals surface area contributed by atoms with Crippen LogP contribution in [0.1, 0.15) is 81.8 Å². The Hall–Kier alpha value is -1.84. The second kappa shape index (κ2) is 12.3. The van der Waals surface area contributed by atoms with Crippen LogP contribution in [-0.4, -0.2) is 36.8 Å². The Kier molecular flexibility index (Phi) is 9.42. The third kappa shape index (κ3) is 6.57. The third-order valence-corrected chi connectivity index (χ3v) is 6.92. The Bertz CT molecular complexity index is 739. The van der Waals surface area contributed by atoms with Gasteiger partial charge in [0.25, 0.3) is 0 Å². The number of nitrogens with zero attached hydrogens (tertiary/aromatic N) is 1. The standard InChI is InChI=1S/C28H41NO2/c1-3-4-5-6-11-20-28(30,25-16-18-26(31-2)19-17-25)27(24-14-9-7-10-15-24)23-29-21-12-8-13-22-29/h7,9-10,14-19,27,30H,3-6,8,11-13,20-23H2,1-2H3/t27-,28-/m1/s1. The molecule has 0 unspecified atom stereocenters. The normalized spacial score (nSPS) is 17.8. The number of ether oxygens (including phenoxy) is 1. The highest BCUT2D eigenvalue weighted by molar-refractivity contribution is 5.35. The van der Waals surface area contributed by atoms with Gasteiger partial charge in [-0.3, -0.25) is 0 Å². The van der Waals surface area contributed by atoms with Crippen LogP contribution in [0.4, 0.5) is 0 Å². The lowest BCUT2D eigenvalue weighted by Gasteiger charge is -2.41. The summed E-state index contributed by atoms with van der Waals surface area (Å²) in [6.45, 7) is 5.43. The molecule has 170 valence electrons. The third-order valence-electron chi connectivity index (χ3n) is 6.92. The highest BCUT2D eigenvalue weighted by Crippen LogP contribution is 2.42. The first-order valence-electron chi connectivity index (χ1n) is 12.3. The van der Waals surface area contributed by atoms with Crippen LogP contribution in [0, 0.1) is 0 Å². The molecule has 1 aliphatic heterocycles. The summed E-state index contributed by atoms with van der Waals surface area (Å²) < 4.78 is 5.38. The molecule has 0 radical (unpaired) electrons. The zero-order valence-electron chi connectivity index (χ0n) is 19.6. The molecule has 1 N–H and O–H groups in total. The van der Waals surface area contributed by atoms with Gasteiger partial charge in [0.15, 0.2) is 0 Å². The van der Waals surface area contributed by atoms with Gasteiger partial charge in [-0.05, 0) is 55.6 Å². The number of aliphatic hydroxyl groups is 1. The van der Waals surface area contributed by atoms with Crippen LogP contribution < -0.4 is 4.74 Å². The summed E-state index contributed by atoms with van der Waals surface area (Å²) >= 11 is 0. The van der Waals surface area contributed by atoms with E-state index in [0.717, 1.165) is 43.8 Å². The number of hydrogen-bond donors (Lipinski definition) is 1. The molecule has 2 atom stereocenters. The van der Waals surface area contributed by atoms with Crippen LogP contribution in [0.5, 0.6) is 5.75 Å². The van der Waals surface area contributed by atoms with Gasteiger partial charge in [-0.15, -0.1) is 0 Å². The van der Waals surface area contributed by atoms with Crippen molar-refractivity contribution in [3.8, 4) is 5.75 Å². The molecule has 1 aliphatic rings. The smallest absolute Gasteiger partial charge is 0.118 e. The highest BCUT2D eigenvalue weighted by atomic mass is 16.5. The maximum atomic E-state index is 12.4. The predicted octanol–water partition coefficient (Wildman–Crippen LogP) is 6.51. The van der Waals surface area contributed by atoms with Crippen LogP contribution in [0.25, 0.3) is 0 Å². The minimum absolute atomic E-state index is 0.0476. The zero-order valence-corrected chi connectivity index (χ0v) is 19.6. The summed E-state index contributed by atoms with van der Waals surface area (Å²) in [5, 5.41) is 12.4. The summed E-state index contributed by atoms with van der Waals surface area (Å²) in [6.07, 6.45) is 10.6. The molecule has 0 bridgehead atoms. The quantitative estimate of drug-likeness (QED) is 0.395. The van der Waals surface area contributed by atoms with E-state index in [9.17, 15) is 5.11 Å². The lowest BCUT2D eigenvalue weighted by atomic mass is 9.73. The molecule has 1 heterocycles. The van der Waals surface area contributed by atoms with Gasteiger partial charge in [0, 0.05) is 12.5 Å². The zero-order chi connectivity index (χ0) is 21.9. The first kappa shape index (κ1) is 23.8. The molecule has 2 aromatic rings. The Morgan fingerprint density at radius 1 is 0.903 bits per heavy atom. The van der Waals surface area contributed by atoms with Crippen molar-refractivity contribution in [1.82, 2.24) is 4.90 Å². The van der Waals surface area contributed by atoms with Crippen molar-refractivity contribution >= 4 is 0 Å². The molecule has 2 aromatic carbocycles. The van der Waals surface area contributed by atoms with Crippen LogP contribution in [0.3, 0.4) is 0 Å². The van der Waals surface area contributed by atoms with E-state index in [0.29, 0.717) is 0 Å². The Labute approximate surface area is 189 Å². The van der Waals surface area contributed by atoms with E-state index in [1.54, 1.807) is 7.11 Å². The Balaban J connectivity index is 1.91. The van der Waals surface area contributed by atoms with Gasteiger partial charge in [-0.2, -0.15) is 0 Å². The second-order valence-corrected chi connectivity index (χ2v) is 9.14. The van der Waals surface area contributed by atoms with Crippen molar-refractivity contribution in [1.29, 1.82) is 0 Å². The van der Waals surface area contributed by atoms with Crippen molar-refractivity contribution < 1.29 is 9.84 Å². The molecule has 1 fully saturated rings. The van der Waals surface area contributed by atoms with E-state index in [2.05, 4.69) is 54.3 Å². The lowest BCUT2D eigenvalue weighted by Crippen LogP contribution is -2.42. The number of rotatable bonds is 12. The SMILES string of the molecule is CCCCCCC[C@@](O)(c1ccc(OC)cc1)[C@H](CN1CCCCC1)c1ccccc1. The molecule has 0 spiro atoms. The average molecular weight is 424 g/mol. The maximum absolute atomic E-state index is 12.4. The van der Waals surface area contributed by atoms with Gasteiger partial charge in [-0.25, -0.2) is 0 Å². The fourth-order valence-corrected chi connectivity index (χ4v) is 5.02. The number of hydrogen-bond acceptors (Lipinski definition) is 3. The summed E-state index contributed by atoms with van der Waals surface area (Å²) in [5.41, 5.74) is 1.35. The molecule has 3 nitrogen and oxygen atoms in total. The molecule has 0 aliphatic carbocycles. The van der Waals surface area contributed by atoms with Crippen molar-refractivity contribution in [2.45, 2.75) is 76.2 Å². The van der Waals surface area contributed by atoms with E-state index >= 15 is 0 Å².